The molecule has 1 fully saturated rings. The fraction of sp³-hybridized carbons (Fsp3) is 0.382. The second kappa shape index (κ2) is 15.2. The van der Waals surface area contributed by atoms with Gasteiger partial charge in [-0.05, 0) is 42.2 Å². The van der Waals surface area contributed by atoms with E-state index >= 15 is 0 Å². The third kappa shape index (κ3) is 8.12. The number of anilines is 1. The molecule has 12 heteroatoms. The Morgan fingerprint density at radius 2 is 1.80 bits per heavy atom. The van der Waals surface area contributed by atoms with Crippen LogP contribution in [0, 0.1) is 0 Å². The molecule has 2 aromatic carbocycles. The fourth-order valence-electron chi connectivity index (χ4n) is 5.36. The zero-order chi connectivity index (χ0) is 32.5. The number of benzene rings is 2. The number of carbonyl (C=O) groups excluding carboxylic acids is 2. The average Bonchev–Trinajstić information content (AvgIpc) is 3.63. The van der Waals surface area contributed by atoms with E-state index in [9.17, 15) is 9.59 Å². The van der Waals surface area contributed by atoms with Crippen LogP contribution in [0.4, 0.5) is 5.82 Å². The average molecular weight is 628 g/mol. The Morgan fingerprint density at radius 1 is 1.00 bits per heavy atom. The molecule has 1 saturated heterocycles. The number of imidazole rings is 1. The summed E-state index contributed by atoms with van der Waals surface area (Å²) in [5.41, 5.74) is 1.89. The molecular weight excluding hydrogens is 586 g/mol. The van der Waals surface area contributed by atoms with Crippen molar-refractivity contribution in [2.24, 2.45) is 0 Å². The van der Waals surface area contributed by atoms with Gasteiger partial charge in [0.05, 0.1) is 26.0 Å². The third-order valence-corrected chi connectivity index (χ3v) is 7.89. The van der Waals surface area contributed by atoms with E-state index in [4.69, 9.17) is 24.2 Å². The van der Waals surface area contributed by atoms with Crippen LogP contribution in [0.15, 0.2) is 73.3 Å². The Bertz CT molecular complexity index is 1600. The van der Waals surface area contributed by atoms with Gasteiger partial charge in [-0.3, -0.25) is 14.2 Å². The maximum atomic E-state index is 13.4. The summed E-state index contributed by atoms with van der Waals surface area (Å²) >= 11 is 0. The van der Waals surface area contributed by atoms with Crippen molar-refractivity contribution in [3.8, 4) is 23.2 Å². The summed E-state index contributed by atoms with van der Waals surface area (Å²) in [5.74, 6) is 3.05. The van der Waals surface area contributed by atoms with E-state index in [0.717, 1.165) is 11.3 Å². The lowest BCUT2D eigenvalue weighted by molar-refractivity contribution is -0.134. The van der Waals surface area contributed by atoms with Gasteiger partial charge >= 0.3 is 0 Å². The van der Waals surface area contributed by atoms with Crippen LogP contribution in [-0.2, 0) is 16.0 Å². The van der Waals surface area contributed by atoms with Gasteiger partial charge in [-0.1, -0.05) is 38.1 Å². The minimum absolute atomic E-state index is 0.0793. The molecule has 0 bridgehead atoms. The van der Waals surface area contributed by atoms with Crippen LogP contribution < -0.4 is 24.4 Å². The third-order valence-electron chi connectivity index (χ3n) is 7.89. The Hall–Kier alpha value is -5.13. The zero-order valence-electron chi connectivity index (χ0n) is 26.8. The summed E-state index contributed by atoms with van der Waals surface area (Å²) in [5, 5.41) is 3.06. The molecule has 0 spiro atoms. The van der Waals surface area contributed by atoms with Crippen molar-refractivity contribution in [3.05, 3.63) is 84.6 Å². The minimum atomic E-state index is -0.318. The van der Waals surface area contributed by atoms with Gasteiger partial charge in [0.1, 0.15) is 17.9 Å². The van der Waals surface area contributed by atoms with Gasteiger partial charge in [0.25, 0.3) is 5.91 Å². The molecule has 3 heterocycles. The predicted octanol–water partition coefficient (Wildman–Crippen LogP) is 3.65. The molecule has 0 saturated carbocycles. The van der Waals surface area contributed by atoms with E-state index in [-0.39, 0.29) is 36.8 Å². The topological polar surface area (TPSA) is 124 Å². The lowest BCUT2D eigenvalue weighted by Gasteiger charge is -2.42. The highest BCUT2D eigenvalue weighted by Crippen LogP contribution is 2.28. The highest BCUT2D eigenvalue weighted by molar-refractivity contribution is 5.79. The first-order chi connectivity index (χ1) is 22.3. The van der Waals surface area contributed by atoms with Crippen molar-refractivity contribution in [3.63, 3.8) is 0 Å². The van der Waals surface area contributed by atoms with E-state index in [1.807, 2.05) is 54.6 Å². The number of nitrogens with zero attached hydrogens (tertiary/aromatic N) is 6. The van der Waals surface area contributed by atoms with Crippen molar-refractivity contribution in [1.82, 2.24) is 29.7 Å². The molecule has 1 unspecified atom stereocenters. The van der Waals surface area contributed by atoms with Crippen molar-refractivity contribution in [2.75, 3.05) is 51.9 Å². The van der Waals surface area contributed by atoms with Crippen LogP contribution in [0.1, 0.15) is 37.4 Å². The summed E-state index contributed by atoms with van der Waals surface area (Å²) in [7, 11) is 3.20. The lowest BCUT2D eigenvalue weighted by atomic mass is 10.1. The van der Waals surface area contributed by atoms with E-state index in [0.29, 0.717) is 61.6 Å². The van der Waals surface area contributed by atoms with E-state index < -0.39 is 0 Å². The standard InChI is InChI=1S/C34H41N7O5/c1-24(2)28-20-31(38-34(37-28)40-15-14-35-23-40)41-17-16-39(33(43)22-46-27-8-6-5-7-9-27)21-26(41)19-32(42)36-13-12-25-10-11-29(44-3)30(18-25)45-4/h5-11,14-15,18,20,23-24,26H,12-13,16-17,19,21-22H2,1-4H3,(H,36,42). The molecule has 46 heavy (non-hydrogen) atoms. The number of rotatable bonds is 13. The quantitative estimate of drug-likeness (QED) is 0.237. The van der Waals surface area contributed by atoms with Crippen LogP contribution in [0.2, 0.25) is 0 Å². The van der Waals surface area contributed by atoms with Crippen LogP contribution in [0.3, 0.4) is 0 Å². The van der Waals surface area contributed by atoms with Crippen LogP contribution in [0.5, 0.6) is 17.2 Å². The lowest BCUT2D eigenvalue weighted by Crippen LogP contribution is -2.57. The van der Waals surface area contributed by atoms with E-state index in [1.165, 1.54) is 0 Å². The predicted molar refractivity (Wildman–Crippen MR) is 174 cm³/mol. The molecule has 242 valence electrons. The Morgan fingerprint density at radius 3 is 2.52 bits per heavy atom. The van der Waals surface area contributed by atoms with Crippen molar-refractivity contribution in [2.45, 2.75) is 38.6 Å². The van der Waals surface area contributed by atoms with Gasteiger partial charge < -0.3 is 29.3 Å². The van der Waals surface area contributed by atoms with E-state index in [2.05, 4.69) is 29.0 Å². The van der Waals surface area contributed by atoms with E-state index in [1.54, 1.807) is 42.4 Å². The molecule has 12 nitrogen and oxygen atoms in total. The second-order valence-corrected chi connectivity index (χ2v) is 11.4. The maximum Gasteiger partial charge on any atom is 0.260 e. The summed E-state index contributed by atoms with van der Waals surface area (Å²) in [6, 6.07) is 16.6. The Kier molecular flexibility index (Phi) is 10.7. The number of hydrogen-bond acceptors (Lipinski definition) is 9. The van der Waals surface area contributed by atoms with Crippen LogP contribution in [-0.4, -0.2) is 89.3 Å². The number of hydrogen-bond donors (Lipinski definition) is 1. The summed E-state index contributed by atoms with van der Waals surface area (Å²) in [6.45, 7) is 5.84. The number of aromatic nitrogens is 4. The number of nitrogens with one attached hydrogen (secondary N) is 1. The Balaban J connectivity index is 1.31. The van der Waals surface area contributed by atoms with Crippen LogP contribution >= 0.6 is 0 Å². The smallest absolute Gasteiger partial charge is 0.260 e. The number of piperazine rings is 1. The van der Waals surface area contributed by atoms with Gasteiger partial charge in [0.2, 0.25) is 11.9 Å². The largest absolute Gasteiger partial charge is 0.493 e. The Labute approximate surface area is 269 Å². The van der Waals surface area contributed by atoms with Crippen molar-refractivity contribution in [1.29, 1.82) is 0 Å². The maximum absolute atomic E-state index is 13.4. The van der Waals surface area contributed by atoms with Crippen molar-refractivity contribution >= 4 is 17.6 Å². The normalized spacial score (nSPS) is 14.7. The summed E-state index contributed by atoms with van der Waals surface area (Å²) in [4.78, 5) is 44.3. The minimum Gasteiger partial charge on any atom is -0.493 e. The molecule has 1 aliphatic rings. The van der Waals surface area contributed by atoms with Gasteiger partial charge in [0, 0.05) is 51.1 Å². The van der Waals surface area contributed by atoms with Gasteiger partial charge in [-0.15, -0.1) is 0 Å². The monoisotopic (exact) mass is 627 g/mol. The summed E-state index contributed by atoms with van der Waals surface area (Å²) < 4.78 is 18.3. The number of methoxy groups -OCH3 is 2. The highest BCUT2D eigenvalue weighted by atomic mass is 16.5. The van der Waals surface area contributed by atoms with Gasteiger partial charge in [-0.2, -0.15) is 4.98 Å². The second-order valence-electron chi connectivity index (χ2n) is 11.4. The molecular formula is C34H41N7O5. The highest BCUT2D eigenvalue weighted by Gasteiger charge is 2.33. The SMILES string of the molecule is COc1ccc(CCNC(=O)CC2CN(C(=O)COc3ccccc3)CCN2c2cc(C(C)C)nc(-n3ccnc3)n2)cc1OC. The first-order valence-electron chi connectivity index (χ1n) is 15.4. The number of para-hydroxylation sites is 1. The summed E-state index contributed by atoms with van der Waals surface area (Å²) in [6.07, 6.45) is 5.95. The molecule has 0 radical (unpaired) electrons. The number of amides is 2. The zero-order valence-corrected chi connectivity index (χ0v) is 26.8. The fourth-order valence-corrected chi connectivity index (χ4v) is 5.36. The molecule has 2 aromatic heterocycles. The number of ether oxygens (including phenoxy) is 3. The molecule has 1 aliphatic heterocycles. The molecule has 5 rings (SSSR count). The van der Waals surface area contributed by atoms with Gasteiger partial charge in [0.15, 0.2) is 18.1 Å². The number of carbonyl (C=O) groups is 2. The molecule has 1 N–H and O–H groups in total. The molecule has 2 amide bonds. The van der Waals surface area contributed by atoms with Crippen molar-refractivity contribution < 1.29 is 23.8 Å². The molecule has 0 aliphatic carbocycles. The molecule has 4 aromatic rings. The van der Waals surface area contributed by atoms with Gasteiger partial charge in [-0.25, -0.2) is 9.97 Å². The first-order valence-corrected chi connectivity index (χ1v) is 15.4. The molecule has 1 atom stereocenters. The first kappa shape index (κ1) is 32.3. The van der Waals surface area contributed by atoms with Crippen LogP contribution in [0.25, 0.3) is 5.95 Å².